The van der Waals surface area contributed by atoms with Crippen LogP contribution in [0.25, 0.3) is 0 Å². The van der Waals surface area contributed by atoms with Gasteiger partial charge in [0, 0.05) is 44.8 Å². The normalized spacial score (nSPS) is 13.3. The smallest absolute Gasteiger partial charge is 0.339 e. The number of rotatable bonds is 10. The summed E-state index contributed by atoms with van der Waals surface area (Å²) in [5, 5.41) is 36.7. The van der Waals surface area contributed by atoms with Gasteiger partial charge in [0.1, 0.15) is 22.6 Å². The number of aromatic carboxylic acids is 2. The molecule has 61 heavy (non-hydrogen) atoms. The van der Waals surface area contributed by atoms with Crippen molar-refractivity contribution in [2.24, 2.45) is 0 Å². The minimum atomic E-state index is -1.24. The van der Waals surface area contributed by atoms with Crippen molar-refractivity contribution in [3.05, 3.63) is 156 Å². The second kappa shape index (κ2) is 20.1. The Hall–Kier alpha value is -5.92. The largest absolute Gasteiger partial charge is 0.507 e. The maximum atomic E-state index is 10.9. The Morgan fingerprint density at radius 3 is 1.08 bits per heavy atom. The van der Waals surface area contributed by atoms with E-state index in [0.29, 0.717) is 23.2 Å². The van der Waals surface area contributed by atoms with Crippen molar-refractivity contribution in [3.8, 4) is 11.5 Å². The summed E-state index contributed by atoms with van der Waals surface area (Å²) in [6.07, 6.45) is 0.279. The van der Waals surface area contributed by atoms with Crippen molar-refractivity contribution in [1.29, 1.82) is 0 Å². The van der Waals surface area contributed by atoms with E-state index in [1.807, 2.05) is 23.5 Å². The van der Waals surface area contributed by atoms with Crippen LogP contribution in [0.2, 0.25) is 0 Å². The molecule has 4 N–H and O–H groups in total. The summed E-state index contributed by atoms with van der Waals surface area (Å²) in [6, 6.07) is 44.0. The Labute approximate surface area is 366 Å². The standard InChI is InChI=1S/2C17H20N2S.C15H12O6/c2*1-13(18(2)3)12-19-14-8-4-6-10-16(14)20-17-11-7-5-9-15(17)19;16-12-3-1-8(6-10(12)14(18)19)5-9-2-4-13(17)11(7-9)15(20)21/h2*4-11,13H,12H2,1-3H3;1-4,6-7,16-17H,5H2,(H,18,19)(H,20,21). The second-order valence-corrected chi connectivity index (χ2v) is 17.6. The maximum Gasteiger partial charge on any atom is 0.339 e. The first kappa shape index (κ1) is 44.6. The highest BCUT2D eigenvalue weighted by Crippen LogP contribution is 2.49. The molecule has 2 aliphatic heterocycles. The van der Waals surface area contributed by atoms with E-state index in [4.69, 9.17) is 10.2 Å². The average Bonchev–Trinajstić information content (AvgIpc) is 3.25. The number of carboxylic acid groups (broad SMARTS) is 2. The van der Waals surface area contributed by atoms with Gasteiger partial charge in [-0.15, -0.1) is 0 Å². The van der Waals surface area contributed by atoms with Crippen LogP contribution in [-0.2, 0) is 6.42 Å². The molecule has 0 bridgehead atoms. The second-order valence-electron chi connectivity index (χ2n) is 15.4. The Kier molecular flexibility index (Phi) is 14.7. The number of fused-ring (bicyclic) bond motifs is 4. The summed E-state index contributed by atoms with van der Waals surface area (Å²) in [7, 11) is 8.56. The fourth-order valence-electron chi connectivity index (χ4n) is 6.78. The summed E-state index contributed by atoms with van der Waals surface area (Å²) >= 11 is 3.73. The number of phenols is 2. The highest BCUT2D eigenvalue weighted by atomic mass is 32.2. The van der Waals surface area contributed by atoms with Gasteiger partial charge < -0.3 is 40.0 Å². The molecule has 2 heterocycles. The lowest BCUT2D eigenvalue weighted by atomic mass is 10.0. The van der Waals surface area contributed by atoms with Gasteiger partial charge in [-0.3, -0.25) is 0 Å². The SMILES string of the molecule is CC(CN1c2ccccc2Sc2ccccc21)N(C)C.CC(CN1c2ccccc2Sc2ccccc21)N(C)C.O=C(O)c1cc(Cc2ccc(O)c(C(=O)O)c2)ccc1O. The number of aromatic hydroxyl groups is 2. The molecular formula is C49H52N4O6S2. The molecule has 2 aliphatic rings. The molecule has 0 saturated carbocycles. The Morgan fingerprint density at radius 2 is 0.803 bits per heavy atom. The molecule has 0 amide bonds. The van der Waals surface area contributed by atoms with E-state index in [1.165, 1.54) is 66.6 Å². The van der Waals surface area contributed by atoms with E-state index in [0.717, 1.165) is 13.1 Å². The lowest BCUT2D eigenvalue weighted by Gasteiger charge is -2.36. The van der Waals surface area contributed by atoms with Crippen molar-refractivity contribution in [3.63, 3.8) is 0 Å². The predicted octanol–water partition coefficient (Wildman–Crippen LogP) is 10.6. The fraction of sp³-hybridized carbons (Fsp3) is 0.224. The van der Waals surface area contributed by atoms with Crippen LogP contribution in [-0.4, -0.2) is 95.5 Å². The number of benzene rings is 6. The third kappa shape index (κ3) is 10.9. The van der Waals surface area contributed by atoms with E-state index in [-0.39, 0.29) is 29.0 Å². The zero-order valence-electron chi connectivity index (χ0n) is 35.2. The number of likely N-dealkylation sites (N-methyl/N-ethyl adjacent to an activating group) is 2. The predicted molar refractivity (Wildman–Crippen MR) is 247 cm³/mol. The van der Waals surface area contributed by atoms with Gasteiger partial charge in [0.05, 0.1) is 22.7 Å². The van der Waals surface area contributed by atoms with E-state index >= 15 is 0 Å². The summed E-state index contributed by atoms with van der Waals surface area (Å²) in [6.45, 7) is 6.54. The number of carbonyl (C=O) groups is 2. The van der Waals surface area contributed by atoms with Crippen molar-refractivity contribution in [2.75, 3.05) is 51.1 Å². The molecule has 0 spiro atoms. The van der Waals surface area contributed by atoms with Gasteiger partial charge in [0.25, 0.3) is 0 Å². The third-order valence-corrected chi connectivity index (χ3v) is 13.0. The first-order valence-corrected chi connectivity index (χ1v) is 21.5. The van der Waals surface area contributed by atoms with Crippen molar-refractivity contribution in [2.45, 2.75) is 51.9 Å². The van der Waals surface area contributed by atoms with Gasteiger partial charge in [-0.1, -0.05) is 84.2 Å². The minimum absolute atomic E-state index is 0.218. The molecule has 0 saturated heterocycles. The van der Waals surface area contributed by atoms with Gasteiger partial charge in [0.2, 0.25) is 0 Å². The number of carboxylic acids is 2. The lowest BCUT2D eigenvalue weighted by Crippen LogP contribution is -2.37. The molecule has 316 valence electrons. The molecule has 8 rings (SSSR count). The number of anilines is 4. The van der Waals surface area contributed by atoms with Gasteiger partial charge in [-0.25, -0.2) is 9.59 Å². The molecule has 6 aromatic carbocycles. The van der Waals surface area contributed by atoms with Crippen LogP contribution >= 0.6 is 23.5 Å². The molecule has 2 atom stereocenters. The van der Waals surface area contributed by atoms with Gasteiger partial charge >= 0.3 is 11.9 Å². The number of hydrogen-bond donors (Lipinski definition) is 4. The topological polar surface area (TPSA) is 128 Å². The Bertz CT molecular complexity index is 2230. The molecule has 0 radical (unpaired) electrons. The van der Waals surface area contributed by atoms with Crippen LogP contribution < -0.4 is 9.80 Å². The van der Waals surface area contributed by atoms with Crippen LogP contribution in [0.3, 0.4) is 0 Å². The molecule has 0 fully saturated rings. The van der Waals surface area contributed by atoms with Gasteiger partial charge in [0.15, 0.2) is 0 Å². The molecule has 0 aromatic heterocycles. The Morgan fingerprint density at radius 1 is 0.508 bits per heavy atom. The van der Waals surface area contributed by atoms with Crippen LogP contribution in [0.4, 0.5) is 22.7 Å². The molecular weight excluding hydrogens is 805 g/mol. The summed E-state index contributed by atoms with van der Waals surface area (Å²) in [5.41, 5.74) is 6.07. The van der Waals surface area contributed by atoms with Crippen molar-refractivity contribution >= 4 is 58.2 Å². The van der Waals surface area contributed by atoms with Crippen molar-refractivity contribution in [1.82, 2.24) is 9.80 Å². The monoisotopic (exact) mass is 856 g/mol. The highest BCUT2D eigenvalue weighted by molar-refractivity contribution is 8.00. The summed E-state index contributed by atoms with van der Waals surface area (Å²) < 4.78 is 0. The number of hydrogen-bond acceptors (Lipinski definition) is 10. The van der Waals surface area contributed by atoms with E-state index in [1.54, 1.807) is 12.1 Å². The number of nitrogens with zero attached hydrogens (tertiary/aromatic N) is 4. The first-order valence-electron chi connectivity index (χ1n) is 19.9. The van der Waals surface area contributed by atoms with Crippen LogP contribution in [0.1, 0.15) is 45.7 Å². The average molecular weight is 857 g/mol. The maximum absolute atomic E-state index is 10.9. The Balaban J connectivity index is 0.000000153. The highest BCUT2D eigenvalue weighted by Gasteiger charge is 2.26. The van der Waals surface area contributed by atoms with Crippen LogP contribution in [0.5, 0.6) is 11.5 Å². The minimum Gasteiger partial charge on any atom is -0.507 e. The van der Waals surface area contributed by atoms with Crippen LogP contribution in [0.15, 0.2) is 153 Å². The molecule has 2 unspecified atom stereocenters. The first-order chi connectivity index (χ1) is 29.2. The van der Waals surface area contributed by atoms with Crippen molar-refractivity contribution < 1.29 is 30.0 Å². The molecule has 0 aliphatic carbocycles. The zero-order valence-corrected chi connectivity index (χ0v) is 36.8. The quantitative estimate of drug-likeness (QED) is 0.105. The zero-order chi connectivity index (χ0) is 43.8. The van der Waals surface area contributed by atoms with Gasteiger partial charge in [-0.05, 0) is 132 Å². The number of para-hydroxylation sites is 4. The molecule has 6 aromatic rings. The van der Waals surface area contributed by atoms with E-state index in [2.05, 4.69) is 159 Å². The third-order valence-electron chi connectivity index (χ3n) is 10.7. The summed E-state index contributed by atoms with van der Waals surface area (Å²) in [5.74, 6) is -3.15. The van der Waals surface area contributed by atoms with E-state index in [9.17, 15) is 19.8 Å². The molecule has 10 nitrogen and oxygen atoms in total. The van der Waals surface area contributed by atoms with E-state index < -0.39 is 11.9 Å². The summed E-state index contributed by atoms with van der Waals surface area (Å²) in [4.78, 5) is 36.7. The van der Waals surface area contributed by atoms with Crippen LogP contribution in [0, 0.1) is 0 Å². The van der Waals surface area contributed by atoms with Gasteiger partial charge in [-0.2, -0.15) is 0 Å². The lowest BCUT2D eigenvalue weighted by molar-refractivity contribution is 0.0682. The fourth-order valence-corrected chi connectivity index (χ4v) is 8.97. The molecule has 12 heteroatoms.